The van der Waals surface area contributed by atoms with Crippen molar-refractivity contribution < 1.29 is 0 Å². The van der Waals surface area contributed by atoms with Crippen LogP contribution in [0.2, 0.25) is 0 Å². The summed E-state index contributed by atoms with van der Waals surface area (Å²) < 4.78 is 0. The maximum atomic E-state index is 4.62. The molecule has 2 rings (SSSR count). The Kier molecular flexibility index (Phi) is 4.00. The summed E-state index contributed by atoms with van der Waals surface area (Å²) in [5.41, 5.74) is 2.44. The van der Waals surface area contributed by atoms with E-state index < -0.39 is 0 Å². The lowest BCUT2D eigenvalue weighted by molar-refractivity contribution is 0.722. The fourth-order valence-electron chi connectivity index (χ4n) is 2.07. The van der Waals surface area contributed by atoms with Crippen molar-refractivity contribution in [1.82, 2.24) is 10.3 Å². The fraction of sp³-hybridized carbons (Fsp3) is 0.643. The minimum atomic E-state index is 0.902. The van der Waals surface area contributed by atoms with Crippen molar-refractivity contribution in [1.29, 1.82) is 0 Å². The first-order valence-corrected chi connectivity index (χ1v) is 6.58. The van der Waals surface area contributed by atoms with Crippen LogP contribution >= 0.6 is 0 Å². The van der Waals surface area contributed by atoms with Crippen LogP contribution in [0, 0.1) is 12.8 Å². The average Bonchev–Trinajstić information content (AvgIpc) is 3.09. The highest BCUT2D eigenvalue weighted by Crippen LogP contribution is 2.30. The molecule has 0 saturated heterocycles. The van der Waals surface area contributed by atoms with Gasteiger partial charge >= 0.3 is 0 Å². The lowest BCUT2D eigenvalue weighted by Gasteiger charge is -2.19. The van der Waals surface area contributed by atoms with Gasteiger partial charge < -0.3 is 10.2 Å². The lowest BCUT2D eigenvalue weighted by Crippen LogP contribution is -2.22. The van der Waals surface area contributed by atoms with Gasteiger partial charge in [-0.05, 0) is 49.9 Å². The molecule has 17 heavy (non-hydrogen) atoms. The molecule has 0 bridgehead atoms. The summed E-state index contributed by atoms with van der Waals surface area (Å²) in [7, 11) is 2.15. The highest BCUT2D eigenvalue weighted by atomic mass is 15.2. The summed E-state index contributed by atoms with van der Waals surface area (Å²) in [6, 6.07) is 4.37. The summed E-state index contributed by atoms with van der Waals surface area (Å²) >= 11 is 0. The Morgan fingerprint density at radius 2 is 2.18 bits per heavy atom. The van der Waals surface area contributed by atoms with Gasteiger partial charge in [-0.2, -0.15) is 0 Å². The third-order valence-electron chi connectivity index (χ3n) is 3.20. The number of nitrogens with zero attached hydrogens (tertiary/aromatic N) is 2. The second-order valence-electron chi connectivity index (χ2n) is 5.08. The first kappa shape index (κ1) is 12.4. The normalized spacial score (nSPS) is 15.0. The number of pyridine rings is 1. The summed E-state index contributed by atoms with van der Waals surface area (Å²) in [6.45, 7) is 7.30. The molecule has 1 fully saturated rings. The molecule has 0 unspecified atom stereocenters. The standard InChI is InChI=1S/C14H23N3/c1-4-15-9-13-7-11(2)16-14(8-13)17(3)10-12-5-6-12/h7-8,12,15H,4-6,9-10H2,1-3H3. The number of aryl methyl sites for hydroxylation is 1. The molecule has 0 atom stereocenters. The predicted octanol–water partition coefficient (Wildman–Crippen LogP) is 2.35. The first-order valence-electron chi connectivity index (χ1n) is 6.58. The second kappa shape index (κ2) is 5.50. The number of rotatable bonds is 6. The van der Waals surface area contributed by atoms with Crippen molar-refractivity contribution in [2.75, 3.05) is 25.0 Å². The minimum Gasteiger partial charge on any atom is -0.359 e. The van der Waals surface area contributed by atoms with E-state index in [-0.39, 0.29) is 0 Å². The molecule has 0 spiro atoms. The van der Waals surface area contributed by atoms with Gasteiger partial charge in [-0.25, -0.2) is 4.98 Å². The quantitative estimate of drug-likeness (QED) is 0.817. The Labute approximate surface area is 104 Å². The topological polar surface area (TPSA) is 28.2 Å². The lowest BCUT2D eigenvalue weighted by atomic mass is 10.2. The van der Waals surface area contributed by atoms with Crippen LogP contribution < -0.4 is 10.2 Å². The molecular weight excluding hydrogens is 210 g/mol. The molecular formula is C14H23N3. The zero-order valence-corrected chi connectivity index (χ0v) is 11.2. The van der Waals surface area contributed by atoms with Crippen LogP contribution in [0.5, 0.6) is 0 Å². The van der Waals surface area contributed by atoms with Crippen LogP contribution in [0.4, 0.5) is 5.82 Å². The zero-order valence-electron chi connectivity index (χ0n) is 11.2. The highest BCUT2D eigenvalue weighted by Gasteiger charge is 2.23. The number of aromatic nitrogens is 1. The van der Waals surface area contributed by atoms with E-state index in [0.717, 1.165) is 37.1 Å². The molecule has 3 nitrogen and oxygen atoms in total. The molecule has 1 N–H and O–H groups in total. The van der Waals surface area contributed by atoms with E-state index in [2.05, 4.69) is 48.2 Å². The van der Waals surface area contributed by atoms with Crippen molar-refractivity contribution >= 4 is 5.82 Å². The Morgan fingerprint density at radius 1 is 1.41 bits per heavy atom. The Balaban J connectivity index is 2.06. The average molecular weight is 233 g/mol. The summed E-state index contributed by atoms with van der Waals surface area (Å²) in [5.74, 6) is 2.02. The van der Waals surface area contributed by atoms with Gasteiger partial charge in [0.2, 0.25) is 0 Å². The monoisotopic (exact) mass is 233 g/mol. The Bertz CT molecular complexity index is 372. The second-order valence-corrected chi connectivity index (χ2v) is 5.08. The summed E-state index contributed by atoms with van der Waals surface area (Å²) in [4.78, 5) is 6.91. The van der Waals surface area contributed by atoms with E-state index in [0.29, 0.717) is 0 Å². The van der Waals surface area contributed by atoms with Crippen LogP contribution in [-0.4, -0.2) is 25.1 Å². The maximum absolute atomic E-state index is 4.62. The van der Waals surface area contributed by atoms with Crippen LogP contribution in [0.25, 0.3) is 0 Å². The predicted molar refractivity (Wildman–Crippen MR) is 72.3 cm³/mol. The molecule has 1 aromatic heterocycles. The van der Waals surface area contributed by atoms with E-state index in [1.807, 2.05) is 0 Å². The van der Waals surface area contributed by atoms with Crippen LogP contribution in [0.3, 0.4) is 0 Å². The fourth-order valence-corrected chi connectivity index (χ4v) is 2.07. The number of hydrogen-bond acceptors (Lipinski definition) is 3. The van der Waals surface area contributed by atoms with Gasteiger partial charge in [0, 0.05) is 25.8 Å². The Morgan fingerprint density at radius 3 is 2.82 bits per heavy atom. The van der Waals surface area contributed by atoms with Gasteiger partial charge in [-0.1, -0.05) is 6.92 Å². The third-order valence-corrected chi connectivity index (χ3v) is 3.20. The molecule has 1 saturated carbocycles. The van der Waals surface area contributed by atoms with Gasteiger partial charge in [0.15, 0.2) is 0 Å². The van der Waals surface area contributed by atoms with Crippen LogP contribution in [0.1, 0.15) is 31.0 Å². The van der Waals surface area contributed by atoms with Gasteiger partial charge in [0.1, 0.15) is 5.82 Å². The van der Waals surface area contributed by atoms with E-state index in [4.69, 9.17) is 0 Å². The van der Waals surface area contributed by atoms with Crippen LogP contribution in [-0.2, 0) is 6.54 Å². The van der Waals surface area contributed by atoms with Gasteiger partial charge in [0.05, 0.1) is 0 Å². The molecule has 94 valence electrons. The molecule has 1 aliphatic rings. The van der Waals surface area contributed by atoms with E-state index in [1.165, 1.54) is 18.4 Å². The van der Waals surface area contributed by atoms with E-state index >= 15 is 0 Å². The molecule has 3 heteroatoms. The number of anilines is 1. The van der Waals surface area contributed by atoms with Crippen molar-refractivity contribution in [3.63, 3.8) is 0 Å². The molecule has 1 aromatic rings. The molecule has 1 heterocycles. The molecule has 0 aromatic carbocycles. The molecule has 0 radical (unpaired) electrons. The zero-order chi connectivity index (χ0) is 12.3. The SMILES string of the molecule is CCNCc1cc(C)nc(N(C)CC2CC2)c1. The number of hydrogen-bond donors (Lipinski definition) is 1. The van der Waals surface area contributed by atoms with Crippen molar-refractivity contribution in [2.24, 2.45) is 5.92 Å². The van der Waals surface area contributed by atoms with Gasteiger partial charge in [-0.15, -0.1) is 0 Å². The highest BCUT2D eigenvalue weighted by molar-refractivity contribution is 5.42. The van der Waals surface area contributed by atoms with Crippen molar-refractivity contribution in [3.05, 3.63) is 23.4 Å². The van der Waals surface area contributed by atoms with E-state index in [9.17, 15) is 0 Å². The molecule has 1 aliphatic carbocycles. The summed E-state index contributed by atoms with van der Waals surface area (Å²) in [5, 5.41) is 3.36. The van der Waals surface area contributed by atoms with Crippen molar-refractivity contribution in [2.45, 2.75) is 33.2 Å². The van der Waals surface area contributed by atoms with Gasteiger partial charge in [0.25, 0.3) is 0 Å². The third kappa shape index (κ3) is 3.70. The molecule has 0 aliphatic heterocycles. The summed E-state index contributed by atoms with van der Waals surface area (Å²) in [6.07, 6.45) is 2.78. The number of nitrogens with one attached hydrogen (secondary N) is 1. The van der Waals surface area contributed by atoms with E-state index in [1.54, 1.807) is 0 Å². The molecule has 0 amide bonds. The largest absolute Gasteiger partial charge is 0.359 e. The maximum Gasteiger partial charge on any atom is 0.128 e. The Hall–Kier alpha value is -1.09. The van der Waals surface area contributed by atoms with Crippen molar-refractivity contribution in [3.8, 4) is 0 Å². The smallest absolute Gasteiger partial charge is 0.128 e. The minimum absolute atomic E-state index is 0.902. The van der Waals surface area contributed by atoms with Gasteiger partial charge in [-0.3, -0.25) is 0 Å². The van der Waals surface area contributed by atoms with Crippen LogP contribution in [0.15, 0.2) is 12.1 Å². The first-order chi connectivity index (χ1) is 8.19.